The van der Waals surface area contributed by atoms with Gasteiger partial charge in [0.2, 0.25) is 0 Å². The minimum Gasteiger partial charge on any atom is -0.398 e. The van der Waals surface area contributed by atoms with E-state index < -0.39 is 0 Å². The zero-order valence-electron chi connectivity index (χ0n) is 13.2. The molecule has 1 heterocycles. The molecule has 3 N–H and O–H groups in total. The van der Waals surface area contributed by atoms with Crippen molar-refractivity contribution in [3.8, 4) is 0 Å². The molecule has 23 heavy (non-hydrogen) atoms. The Morgan fingerprint density at radius 3 is 2.65 bits per heavy atom. The Morgan fingerprint density at radius 2 is 1.87 bits per heavy atom. The third kappa shape index (κ3) is 4.11. The number of para-hydroxylation sites is 1. The SMILES string of the molecule is Nc1ccccc1C(=O)NC1CCCN(Cc2ccccc2)C1. The molecule has 1 atom stereocenters. The van der Waals surface area contributed by atoms with E-state index in [0.717, 1.165) is 32.5 Å². The van der Waals surface area contributed by atoms with Gasteiger partial charge in [-0.1, -0.05) is 42.5 Å². The molecular formula is C19H23N3O. The molecule has 0 aromatic heterocycles. The van der Waals surface area contributed by atoms with E-state index in [1.54, 1.807) is 12.1 Å². The number of hydrogen-bond acceptors (Lipinski definition) is 3. The summed E-state index contributed by atoms with van der Waals surface area (Å²) in [5.41, 5.74) is 8.29. The maximum absolute atomic E-state index is 12.4. The molecule has 1 saturated heterocycles. The Balaban J connectivity index is 1.58. The summed E-state index contributed by atoms with van der Waals surface area (Å²) in [6, 6.07) is 17.9. The van der Waals surface area contributed by atoms with Crippen molar-refractivity contribution < 1.29 is 4.79 Å². The first-order valence-corrected chi connectivity index (χ1v) is 8.14. The smallest absolute Gasteiger partial charge is 0.253 e. The number of nitrogen functional groups attached to an aromatic ring is 1. The molecule has 1 unspecified atom stereocenters. The highest BCUT2D eigenvalue weighted by atomic mass is 16.1. The van der Waals surface area contributed by atoms with Crippen molar-refractivity contribution >= 4 is 11.6 Å². The molecule has 3 rings (SSSR count). The van der Waals surface area contributed by atoms with Crippen LogP contribution in [0.15, 0.2) is 54.6 Å². The summed E-state index contributed by atoms with van der Waals surface area (Å²) in [5, 5.41) is 3.13. The van der Waals surface area contributed by atoms with Crippen LogP contribution in [0.25, 0.3) is 0 Å². The molecule has 2 aromatic rings. The van der Waals surface area contributed by atoms with Gasteiger partial charge in [-0.3, -0.25) is 9.69 Å². The van der Waals surface area contributed by atoms with Gasteiger partial charge < -0.3 is 11.1 Å². The van der Waals surface area contributed by atoms with Gasteiger partial charge in [0.15, 0.2) is 0 Å². The number of nitrogens with one attached hydrogen (secondary N) is 1. The number of piperidine rings is 1. The fourth-order valence-electron chi connectivity index (χ4n) is 3.13. The van der Waals surface area contributed by atoms with E-state index >= 15 is 0 Å². The topological polar surface area (TPSA) is 58.4 Å². The van der Waals surface area contributed by atoms with Gasteiger partial charge in [-0.25, -0.2) is 0 Å². The number of carbonyl (C=O) groups excluding carboxylic acids is 1. The minimum atomic E-state index is -0.0744. The second-order valence-corrected chi connectivity index (χ2v) is 6.12. The Bertz CT molecular complexity index is 657. The molecule has 1 fully saturated rings. The van der Waals surface area contributed by atoms with Crippen molar-refractivity contribution in [2.75, 3.05) is 18.8 Å². The zero-order chi connectivity index (χ0) is 16.1. The van der Waals surface area contributed by atoms with Crippen LogP contribution in [0.2, 0.25) is 0 Å². The summed E-state index contributed by atoms with van der Waals surface area (Å²) in [4.78, 5) is 14.8. The number of hydrogen-bond donors (Lipinski definition) is 2. The molecule has 4 heteroatoms. The van der Waals surface area contributed by atoms with Crippen molar-refractivity contribution in [3.63, 3.8) is 0 Å². The summed E-state index contributed by atoms with van der Waals surface area (Å²) >= 11 is 0. The first kappa shape index (κ1) is 15.6. The molecule has 0 aliphatic carbocycles. The molecule has 2 aromatic carbocycles. The predicted octanol–water partition coefficient (Wildman–Crippen LogP) is 2.66. The molecule has 0 saturated carbocycles. The number of rotatable bonds is 4. The fourth-order valence-corrected chi connectivity index (χ4v) is 3.13. The predicted molar refractivity (Wildman–Crippen MR) is 93.1 cm³/mol. The van der Waals surface area contributed by atoms with E-state index in [2.05, 4.69) is 34.5 Å². The molecular weight excluding hydrogens is 286 g/mol. The lowest BCUT2D eigenvalue weighted by Gasteiger charge is -2.33. The van der Waals surface area contributed by atoms with Crippen molar-refractivity contribution in [3.05, 3.63) is 65.7 Å². The molecule has 1 aliphatic heterocycles. The van der Waals surface area contributed by atoms with Crippen LogP contribution < -0.4 is 11.1 Å². The average Bonchev–Trinajstić information content (AvgIpc) is 2.56. The Kier molecular flexibility index (Phi) is 4.93. The van der Waals surface area contributed by atoms with E-state index in [4.69, 9.17) is 5.73 Å². The molecule has 0 radical (unpaired) electrons. The summed E-state index contributed by atoms with van der Waals surface area (Å²) in [6.45, 7) is 2.89. The largest absolute Gasteiger partial charge is 0.398 e. The monoisotopic (exact) mass is 309 g/mol. The van der Waals surface area contributed by atoms with E-state index in [0.29, 0.717) is 11.3 Å². The summed E-state index contributed by atoms with van der Waals surface area (Å²) in [5.74, 6) is -0.0744. The molecule has 0 bridgehead atoms. The molecule has 0 spiro atoms. The van der Waals surface area contributed by atoms with E-state index in [9.17, 15) is 4.79 Å². The second kappa shape index (κ2) is 7.29. The lowest BCUT2D eigenvalue weighted by Crippen LogP contribution is -2.47. The van der Waals surface area contributed by atoms with Crippen LogP contribution >= 0.6 is 0 Å². The summed E-state index contributed by atoms with van der Waals surface area (Å²) in [6.07, 6.45) is 2.12. The van der Waals surface area contributed by atoms with Crippen LogP contribution in [0.5, 0.6) is 0 Å². The van der Waals surface area contributed by atoms with Gasteiger partial charge in [-0.2, -0.15) is 0 Å². The van der Waals surface area contributed by atoms with Crippen molar-refractivity contribution in [2.45, 2.75) is 25.4 Å². The maximum atomic E-state index is 12.4. The molecule has 1 aliphatic rings. The number of anilines is 1. The second-order valence-electron chi connectivity index (χ2n) is 6.12. The molecule has 120 valence electrons. The van der Waals surface area contributed by atoms with Crippen molar-refractivity contribution in [2.24, 2.45) is 0 Å². The number of benzene rings is 2. The number of likely N-dealkylation sites (tertiary alicyclic amines) is 1. The first-order valence-electron chi connectivity index (χ1n) is 8.14. The third-order valence-corrected chi connectivity index (χ3v) is 4.30. The van der Waals surface area contributed by atoms with Gasteiger partial charge in [0, 0.05) is 24.8 Å². The summed E-state index contributed by atoms with van der Waals surface area (Å²) < 4.78 is 0. The summed E-state index contributed by atoms with van der Waals surface area (Å²) in [7, 11) is 0. The number of nitrogens with two attached hydrogens (primary N) is 1. The van der Waals surface area contributed by atoms with Crippen molar-refractivity contribution in [1.82, 2.24) is 10.2 Å². The number of nitrogens with zero attached hydrogens (tertiary/aromatic N) is 1. The average molecular weight is 309 g/mol. The van der Waals surface area contributed by atoms with Gasteiger partial charge in [0.25, 0.3) is 5.91 Å². The maximum Gasteiger partial charge on any atom is 0.253 e. The third-order valence-electron chi connectivity index (χ3n) is 4.30. The van der Waals surface area contributed by atoms with Crippen LogP contribution in [-0.2, 0) is 6.54 Å². The van der Waals surface area contributed by atoms with Gasteiger partial charge in [-0.15, -0.1) is 0 Å². The van der Waals surface area contributed by atoms with Gasteiger partial charge in [0.1, 0.15) is 0 Å². The fraction of sp³-hybridized carbons (Fsp3) is 0.316. The normalized spacial score (nSPS) is 18.5. The van der Waals surface area contributed by atoms with E-state index in [1.807, 2.05) is 18.2 Å². The highest BCUT2D eigenvalue weighted by Gasteiger charge is 2.22. The molecule has 1 amide bonds. The Hall–Kier alpha value is -2.33. The number of carbonyl (C=O) groups is 1. The van der Waals surface area contributed by atoms with Crippen molar-refractivity contribution in [1.29, 1.82) is 0 Å². The van der Waals surface area contributed by atoms with Gasteiger partial charge in [0.05, 0.1) is 5.56 Å². The van der Waals surface area contributed by atoms with E-state index in [1.165, 1.54) is 5.56 Å². The highest BCUT2D eigenvalue weighted by Crippen LogP contribution is 2.16. The lowest BCUT2D eigenvalue weighted by atomic mass is 10.0. The number of amides is 1. The standard InChI is InChI=1S/C19H23N3O/c20-18-11-5-4-10-17(18)19(23)21-16-9-6-12-22(14-16)13-15-7-2-1-3-8-15/h1-5,7-8,10-11,16H,6,9,12-14,20H2,(H,21,23). The Labute approximate surface area is 137 Å². The molecule has 4 nitrogen and oxygen atoms in total. The van der Waals surface area contributed by atoms with Crippen LogP contribution in [0.4, 0.5) is 5.69 Å². The van der Waals surface area contributed by atoms with Crippen LogP contribution in [0.1, 0.15) is 28.8 Å². The Morgan fingerprint density at radius 1 is 1.13 bits per heavy atom. The lowest BCUT2D eigenvalue weighted by molar-refractivity contribution is 0.0901. The zero-order valence-corrected chi connectivity index (χ0v) is 13.2. The minimum absolute atomic E-state index is 0.0744. The van der Waals surface area contributed by atoms with Crippen LogP contribution in [0, 0.1) is 0 Å². The van der Waals surface area contributed by atoms with E-state index in [-0.39, 0.29) is 11.9 Å². The quantitative estimate of drug-likeness (QED) is 0.854. The van der Waals surface area contributed by atoms with Gasteiger partial charge >= 0.3 is 0 Å². The first-order chi connectivity index (χ1) is 11.2. The van der Waals surface area contributed by atoms with Crippen LogP contribution in [-0.4, -0.2) is 29.9 Å². The van der Waals surface area contributed by atoms with Gasteiger partial charge in [-0.05, 0) is 37.1 Å². The van der Waals surface area contributed by atoms with Crippen LogP contribution in [0.3, 0.4) is 0 Å². The highest BCUT2D eigenvalue weighted by molar-refractivity contribution is 5.99.